The monoisotopic (exact) mass is 410 g/mol. The van der Waals surface area contributed by atoms with Crippen LogP contribution in [0.3, 0.4) is 0 Å². The second-order valence-electron chi connectivity index (χ2n) is 6.03. The Hall–Kier alpha value is -3.16. The van der Waals surface area contributed by atoms with Crippen LogP contribution in [-0.2, 0) is 11.2 Å². The number of H-pyrrole nitrogens is 1. The van der Waals surface area contributed by atoms with Crippen LogP contribution in [0.1, 0.15) is 16.8 Å². The van der Waals surface area contributed by atoms with E-state index >= 15 is 0 Å². The number of benzene rings is 1. The molecule has 1 amide bonds. The zero-order chi connectivity index (χ0) is 19.8. The summed E-state index contributed by atoms with van der Waals surface area (Å²) in [6.07, 6.45) is 3.27. The molecule has 0 unspecified atom stereocenters. The minimum Gasteiger partial charge on any atom is -0.326 e. The highest BCUT2D eigenvalue weighted by Gasteiger charge is 2.17. The summed E-state index contributed by atoms with van der Waals surface area (Å²) >= 11 is 3.14. The van der Waals surface area contributed by atoms with E-state index in [9.17, 15) is 9.59 Å². The predicted octanol–water partition coefficient (Wildman–Crippen LogP) is 2.72. The van der Waals surface area contributed by atoms with Gasteiger partial charge in [-0.05, 0) is 31.4 Å². The summed E-state index contributed by atoms with van der Waals surface area (Å²) in [5.74, 6) is -0.317. The van der Waals surface area contributed by atoms with Gasteiger partial charge >= 0.3 is 0 Å². The van der Waals surface area contributed by atoms with Crippen LogP contribution in [-0.4, -0.2) is 31.7 Å². The summed E-state index contributed by atoms with van der Waals surface area (Å²) in [7, 11) is 0. The quantitative estimate of drug-likeness (QED) is 0.500. The van der Waals surface area contributed by atoms with Crippen molar-refractivity contribution >= 4 is 50.6 Å². The molecule has 0 aliphatic rings. The van der Waals surface area contributed by atoms with Crippen molar-refractivity contribution in [3.8, 4) is 6.07 Å². The van der Waals surface area contributed by atoms with Gasteiger partial charge in [0.2, 0.25) is 5.91 Å². The fraction of sp³-hybridized carbons (Fsp3) is 0.167. The predicted molar refractivity (Wildman–Crippen MR) is 109 cm³/mol. The van der Waals surface area contributed by atoms with Gasteiger partial charge in [0.15, 0.2) is 9.99 Å². The molecular weight excluding hydrogens is 396 g/mol. The fourth-order valence-corrected chi connectivity index (χ4v) is 4.40. The molecule has 0 fully saturated rings. The molecule has 0 saturated carbocycles. The number of aromatic amines is 1. The smallest absolute Gasteiger partial charge is 0.276 e. The largest absolute Gasteiger partial charge is 0.326 e. The van der Waals surface area contributed by atoms with Crippen molar-refractivity contribution in [3.63, 3.8) is 0 Å². The lowest BCUT2D eigenvalue weighted by molar-refractivity contribution is -0.115. The van der Waals surface area contributed by atoms with Gasteiger partial charge in [-0.2, -0.15) is 5.26 Å². The normalized spacial score (nSPS) is 11.0. The van der Waals surface area contributed by atoms with Crippen molar-refractivity contribution in [1.29, 1.82) is 5.26 Å². The van der Waals surface area contributed by atoms with Gasteiger partial charge < -0.3 is 5.32 Å². The Balaban J connectivity index is 1.60. The van der Waals surface area contributed by atoms with E-state index in [1.165, 1.54) is 10.7 Å². The summed E-state index contributed by atoms with van der Waals surface area (Å²) in [5.41, 5.74) is 2.39. The second-order valence-corrected chi connectivity index (χ2v) is 8.11. The van der Waals surface area contributed by atoms with Crippen LogP contribution in [0.25, 0.3) is 15.9 Å². The first-order valence-electron chi connectivity index (χ1n) is 8.24. The van der Waals surface area contributed by atoms with Crippen molar-refractivity contribution in [2.24, 2.45) is 0 Å². The molecule has 0 bridgehead atoms. The number of nitriles is 1. The number of nitrogens with one attached hydrogen (secondary N) is 2. The Morgan fingerprint density at radius 1 is 1.43 bits per heavy atom. The van der Waals surface area contributed by atoms with Crippen LogP contribution in [0, 0.1) is 18.3 Å². The Bertz CT molecular complexity index is 1330. The fourth-order valence-electron chi connectivity index (χ4n) is 2.88. The van der Waals surface area contributed by atoms with Gasteiger partial charge in [-0.15, -0.1) is 11.3 Å². The number of thioether (sulfide) groups is 1. The van der Waals surface area contributed by atoms with Crippen molar-refractivity contribution in [1.82, 2.24) is 19.6 Å². The number of hydrogen-bond acceptors (Lipinski definition) is 7. The van der Waals surface area contributed by atoms with Crippen LogP contribution < -0.4 is 10.9 Å². The minimum atomic E-state index is -0.387. The highest BCUT2D eigenvalue weighted by atomic mass is 32.2. The van der Waals surface area contributed by atoms with Gasteiger partial charge in [0.1, 0.15) is 11.6 Å². The molecule has 0 atom stereocenters. The number of rotatable bonds is 4. The zero-order valence-electron chi connectivity index (χ0n) is 14.9. The van der Waals surface area contributed by atoms with E-state index in [2.05, 4.69) is 20.4 Å². The Morgan fingerprint density at radius 3 is 3.00 bits per heavy atom. The van der Waals surface area contributed by atoms with E-state index in [1.54, 1.807) is 36.1 Å². The SMILES string of the molecule is CSc1nc2ccc(NC(=O)Cc3c(C)nc4c(C#N)c[nH]n4c3=O)cc2s1. The van der Waals surface area contributed by atoms with E-state index in [0.29, 0.717) is 11.4 Å². The average Bonchev–Trinajstić information content (AvgIpc) is 3.28. The molecule has 0 aliphatic heterocycles. The minimum absolute atomic E-state index is 0.113. The van der Waals surface area contributed by atoms with Gasteiger partial charge in [-0.1, -0.05) is 11.8 Å². The van der Waals surface area contributed by atoms with E-state index < -0.39 is 0 Å². The van der Waals surface area contributed by atoms with Crippen molar-refractivity contribution in [2.45, 2.75) is 17.7 Å². The molecule has 10 heteroatoms. The molecule has 3 aromatic heterocycles. The summed E-state index contributed by atoms with van der Waals surface area (Å²) < 4.78 is 3.13. The number of aryl methyl sites for hydroxylation is 1. The number of amides is 1. The summed E-state index contributed by atoms with van der Waals surface area (Å²) in [5, 5.41) is 14.6. The third-order valence-corrected chi connectivity index (χ3v) is 6.25. The van der Waals surface area contributed by atoms with Gasteiger partial charge in [-0.3, -0.25) is 14.7 Å². The molecule has 3 heterocycles. The summed E-state index contributed by atoms with van der Waals surface area (Å²) in [6.45, 7) is 1.66. The number of thiazole rings is 1. The number of carbonyl (C=O) groups is 1. The lowest BCUT2D eigenvalue weighted by Gasteiger charge is -2.07. The van der Waals surface area contributed by atoms with Crippen LogP contribution in [0.15, 0.2) is 33.5 Å². The van der Waals surface area contributed by atoms with Crippen molar-refractivity contribution < 1.29 is 4.79 Å². The first-order chi connectivity index (χ1) is 13.5. The molecule has 4 rings (SSSR count). The van der Waals surface area contributed by atoms with E-state index in [1.807, 2.05) is 24.5 Å². The van der Waals surface area contributed by atoms with Crippen molar-refractivity contribution in [3.05, 3.63) is 51.6 Å². The van der Waals surface area contributed by atoms with Gasteiger partial charge in [0.05, 0.1) is 16.6 Å². The number of aromatic nitrogens is 4. The number of hydrogen-bond donors (Lipinski definition) is 2. The van der Waals surface area contributed by atoms with E-state index in [4.69, 9.17) is 5.26 Å². The maximum Gasteiger partial charge on any atom is 0.276 e. The lowest BCUT2D eigenvalue weighted by Crippen LogP contribution is -2.26. The van der Waals surface area contributed by atoms with Gasteiger partial charge in [0, 0.05) is 23.1 Å². The van der Waals surface area contributed by atoms with E-state index in [-0.39, 0.29) is 34.7 Å². The van der Waals surface area contributed by atoms with E-state index in [0.717, 1.165) is 14.6 Å². The molecule has 0 aliphatic carbocycles. The van der Waals surface area contributed by atoms with Crippen molar-refractivity contribution in [2.75, 3.05) is 11.6 Å². The lowest BCUT2D eigenvalue weighted by atomic mass is 10.1. The number of carbonyl (C=O) groups excluding carboxylic acids is 1. The number of anilines is 1. The first kappa shape index (κ1) is 18.2. The highest BCUT2D eigenvalue weighted by molar-refractivity contribution is 8.00. The van der Waals surface area contributed by atoms with Crippen LogP contribution in [0.2, 0.25) is 0 Å². The molecule has 0 saturated heterocycles. The van der Waals surface area contributed by atoms with Gasteiger partial charge in [-0.25, -0.2) is 14.5 Å². The third kappa shape index (κ3) is 3.15. The zero-order valence-corrected chi connectivity index (χ0v) is 16.6. The molecular formula is C18H14N6O2S2. The number of fused-ring (bicyclic) bond motifs is 2. The molecule has 4 aromatic rings. The molecule has 1 aromatic carbocycles. The molecule has 0 spiro atoms. The molecule has 0 radical (unpaired) electrons. The summed E-state index contributed by atoms with van der Waals surface area (Å²) in [6, 6.07) is 7.50. The first-order valence-corrected chi connectivity index (χ1v) is 10.3. The standard InChI is InChI=1S/C18H14N6O2S2/c1-9-12(17(26)24-16(21-9)10(7-19)8-20-24)6-15(25)22-11-3-4-13-14(5-11)28-18(23-13)27-2/h3-5,8,20H,6H2,1-2H3,(H,22,25). The Morgan fingerprint density at radius 2 is 2.25 bits per heavy atom. The topological polar surface area (TPSA) is 116 Å². The Labute approximate surface area is 167 Å². The molecule has 2 N–H and O–H groups in total. The number of nitrogens with zero attached hydrogens (tertiary/aromatic N) is 4. The van der Waals surface area contributed by atoms with Crippen LogP contribution in [0.4, 0.5) is 5.69 Å². The summed E-state index contributed by atoms with van der Waals surface area (Å²) in [4.78, 5) is 34.0. The maximum atomic E-state index is 12.7. The van der Waals surface area contributed by atoms with Crippen LogP contribution in [0.5, 0.6) is 0 Å². The maximum absolute atomic E-state index is 12.7. The van der Waals surface area contributed by atoms with Crippen LogP contribution >= 0.6 is 23.1 Å². The molecule has 8 nitrogen and oxygen atoms in total. The highest BCUT2D eigenvalue weighted by Crippen LogP contribution is 2.30. The molecule has 28 heavy (non-hydrogen) atoms. The average molecular weight is 410 g/mol. The third-order valence-electron chi connectivity index (χ3n) is 4.25. The molecule has 140 valence electrons. The van der Waals surface area contributed by atoms with Gasteiger partial charge in [0.25, 0.3) is 5.56 Å². The second kappa shape index (κ2) is 7.10. The Kier molecular flexibility index (Phi) is 4.62.